The maximum Gasteiger partial charge on any atom is 0.138 e. The van der Waals surface area contributed by atoms with Crippen molar-refractivity contribution in [2.45, 2.75) is 0 Å². The first kappa shape index (κ1) is 14.4. The van der Waals surface area contributed by atoms with Crippen LogP contribution in [-0.2, 0) is 22.4 Å². The van der Waals surface area contributed by atoms with Crippen LogP contribution in [0.1, 0.15) is 0 Å². The summed E-state index contributed by atoms with van der Waals surface area (Å²) in [5.41, 5.74) is 3.21. The number of rotatable bonds is 1. The number of imidazole rings is 1. The van der Waals surface area contributed by atoms with Gasteiger partial charge in [0.2, 0.25) is 0 Å². The summed E-state index contributed by atoms with van der Waals surface area (Å²) in [5.74, 6) is 0.928. The monoisotopic (exact) mass is 429 g/mol. The average molecular weight is 430 g/mol. The van der Waals surface area contributed by atoms with Crippen LogP contribution >= 0.6 is 24.0 Å². The van der Waals surface area contributed by atoms with Crippen molar-refractivity contribution in [3.63, 3.8) is 0 Å². The second kappa shape index (κ2) is 6.35. The Labute approximate surface area is 132 Å². The van der Waals surface area contributed by atoms with E-state index in [2.05, 4.69) is 22.1 Å². The predicted molar refractivity (Wildman–Crippen MR) is 76.9 cm³/mol. The molecule has 1 N–H and O–H groups in total. The molecule has 0 fully saturated rings. The molecule has 0 bridgehead atoms. The van der Waals surface area contributed by atoms with Gasteiger partial charge in [-0.05, 0) is 12.1 Å². The van der Waals surface area contributed by atoms with Crippen LogP contribution in [0.4, 0.5) is 0 Å². The quantitative estimate of drug-likeness (QED) is 0.462. The maximum absolute atomic E-state index is 4.53. The summed E-state index contributed by atoms with van der Waals surface area (Å²) in [6.07, 6.45) is 0. The van der Waals surface area contributed by atoms with Crippen LogP contribution < -0.4 is 0 Å². The molecule has 0 aliphatic heterocycles. The van der Waals surface area contributed by atoms with Crippen LogP contribution in [0.3, 0.4) is 0 Å². The second-order valence-electron chi connectivity index (χ2n) is 3.47. The van der Waals surface area contributed by atoms with E-state index in [-0.39, 0.29) is 46.4 Å². The van der Waals surface area contributed by atoms with Crippen molar-refractivity contribution in [3.05, 3.63) is 54.6 Å². The van der Waals surface area contributed by atoms with E-state index in [9.17, 15) is 0 Å². The fraction of sp³-hybridized carbons (Fsp3) is 0. The number of hydrogen-bond acceptors (Lipinski definition) is 1. The Balaban J connectivity index is 0.000000722. The largest absolute Gasteiger partial charge is 0.338 e. The number of aromatic nitrogens is 2. The molecule has 3 aromatic rings. The van der Waals surface area contributed by atoms with Gasteiger partial charge in [0, 0.05) is 27.9 Å². The Kier molecular flexibility index (Phi) is 5.39. The Bertz CT molecular complexity index is 559. The number of aromatic amines is 1. The average Bonchev–Trinajstić information content (AvgIpc) is 2.74. The third-order valence-electron chi connectivity index (χ3n) is 2.44. The number of para-hydroxylation sites is 2. The number of fused-ring (bicyclic) bond motifs is 1. The van der Waals surface area contributed by atoms with E-state index < -0.39 is 0 Å². The first-order valence-electron chi connectivity index (χ1n) is 4.94. The molecule has 0 spiro atoms. The van der Waals surface area contributed by atoms with E-state index in [1.165, 1.54) is 0 Å². The van der Waals surface area contributed by atoms with E-state index >= 15 is 0 Å². The fourth-order valence-corrected chi connectivity index (χ4v) is 1.69. The molecule has 0 saturated carbocycles. The smallest absolute Gasteiger partial charge is 0.138 e. The summed E-state index contributed by atoms with van der Waals surface area (Å²) in [4.78, 5) is 7.83. The van der Waals surface area contributed by atoms with Gasteiger partial charge >= 0.3 is 0 Å². The summed E-state index contributed by atoms with van der Waals surface area (Å²) < 4.78 is 0. The number of halogens is 1. The van der Waals surface area contributed by atoms with Gasteiger partial charge in [0.25, 0.3) is 0 Å². The van der Waals surface area contributed by atoms with Crippen molar-refractivity contribution in [3.8, 4) is 11.4 Å². The number of hydrogen-bond donors (Lipinski definition) is 1. The molecule has 0 aliphatic rings. The molecule has 0 amide bonds. The fourth-order valence-electron chi connectivity index (χ4n) is 1.69. The molecule has 0 unspecified atom stereocenters. The Morgan fingerprint density at radius 3 is 2.18 bits per heavy atom. The Morgan fingerprint density at radius 1 is 0.824 bits per heavy atom. The van der Waals surface area contributed by atoms with Crippen molar-refractivity contribution in [1.29, 1.82) is 0 Å². The van der Waals surface area contributed by atoms with Crippen molar-refractivity contribution < 1.29 is 22.4 Å². The summed E-state index contributed by atoms with van der Waals surface area (Å²) in [6, 6.07) is 18.2. The maximum atomic E-state index is 4.53. The van der Waals surface area contributed by atoms with Gasteiger partial charge in [0.15, 0.2) is 0 Å². The minimum atomic E-state index is 0. The molecule has 3 rings (SSSR count). The topological polar surface area (TPSA) is 28.7 Å². The van der Waals surface area contributed by atoms with E-state index in [1.807, 2.05) is 42.5 Å². The summed E-state index contributed by atoms with van der Waals surface area (Å²) in [6.45, 7) is 0. The second-order valence-corrected chi connectivity index (χ2v) is 3.47. The van der Waals surface area contributed by atoms with Gasteiger partial charge in [-0.2, -0.15) is 0 Å². The predicted octanol–water partition coefficient (Wildman–Crippen LogP) is 3.85. The molecular formula is C13H11AgIN2. The van der Waals surface area contributed by atoms with Gasteiger partial charge in [-0.25, -0.2) is 4.98 Å². The summed E-state index contributed by atoms with van der Waals surface area (Å²) >= 11 is 0. The molecular weight excluding hydrogens is 419 g/mol. The first-order valence-corrected chi connectivity index (χ1v) is 4.94. The number of nitrogens with zero attached hydrogens (tertiary/aromatic N) is 1. The van der Waals surface area contributed by atoms with E-state index in [4.69, 9.17) is 0 Å². The SMILES string of the molecule is I.[Ag].c1ccc(-c2nc3ccccc3[nH]2)cc1. The molecule has 1 radical (unpaired) electrons. The minimum absolute atomic E-state index is 0. The van der Waals surface area contributed by atoms with Crippen LogP contribution in [0.5, 0.6) is 0 Å². The molecule has 0 saturated heterocycles. The van der Waals surface area contributed by atoms with Gasteiger partial charge in [0.1, 0.15) is 5.82 Å². The minimum Gasteiger partial charge on any atom is -0.338 e. The Hall–Kier alpha value is -0.620. The normalized spacial score (nSPS) is 9.41. The molecule has 0 atom stereocenters. The first-order chi connectivity index (χ1) is 7.43. The van der Waals surface area contributed by atoms with Crippen molar-refractivity contribution in [1.82, 2.24) is 9.97 Å². The van der Waals surface area contributed by atoms with Gasteiger partial charge in [-0.3, -0.25) is 0 Å². The van der Waals surface area contributed by atoms with Crippen molar-refractivity contribution >= 4 is 35.0 Å². The van der Waals surface area contributed by atoms with Crippen LogP contribution in [0, 0.1) is 0 Å². The molecule has 2 aromatic carbocycles. The molecule has 0 aliphatic carbocycles. The third kappa shape index (κ3) is 2.98. The van der Waals surface area contributed by atoms with Crippen molar-refractivity contribution in [2.75, 3.05) is 0 Å². The van der Waals surface area contributed by atoms with Gasteiger partial charge in [-0.15, -0.1) is 24.0 Å². The summed E-state index contributed by atoms with van der Waals surface area (Å²) in [5, 5.41) is 0. The molecule has 4 heteroatoms. The van der Waals surface area contributed by atoms with Crippen LogP contribution in [0.2, 0.25) is 0 Å². The zero-order valence-electron chi connectivity index (χ0n) is 8.85. The van der Waals surface area contributed by atoms with Crippen LogP contribution in [0.15, 0.2) is 54.6 Å². The Morgan fingerprint density at radius 2 is 1.47 bits per heavy atom. The zero-order valence-corrected chi connectivity index (χ0v) is 12.7. The standard InChI is InChI=1S/C13H10N2.Ag.HI/c1-2-6-10(7-3-1)13-14-11-8-4-5-9-12(11)15-13;;/h1-9H,(H,14,15);;1H. The van der Waals surface area contributed by atoms with E-state index in [0.29, 0.717) is 0 Å². The zero-order chi connectivity index (χ0) is 10.1. The van der Waals surface area contributed by atoms with Gasteiger partial charge in [0.05, 0.1) is 11.0 Å². The summed E-state index contributed by atoms with van der Waals surface area (Å²) in [7, 11) is 0. The van der Waals surface area contributed by atoms with E-state index in [0.717, 1.165) is 22.4 Å². The van der Waals surface area contributed by atoms with Crippen LogP contribution in [0.25, 0.3) is 22.4 Å². The van der Waals surface area contributed by atoms with Gasteiger partial charge in [-0.1, -0.05) is 42.5 Å². The van der Waals surface area contributed by atoms with E-state index in [1.54, 1.807) is 0 Å². The number of benzene rings is 2. The molecule has 91 valence electrons. The number of H-pyrrole nitrogens is 1. The molecule has 1 heterocycles. The van der Waals surface area contributed by atoms with Gasteiger partial charge < -0.3 is 4.98 Å². The molecule has 17 heavy (non-hydrogen) atoms. The molecule has 2 nitrogen and oxygen atoms in total. The number of nitrogens with one attached hydrogen (secondary N) is 1. The van der Waals surface area contributed by atoms with Crippen LogP contribution in [-0.4, -0.2) is 9.97 Å². The third-order valence-corrected chi connectivity index (χ3v) is 2.44. The molecule has 1 aromatic heterocycles. The van der Waals surface area contributed by atoms with Crippen molar-refractivity contribution in [2.24, 2.45) is 0 Å².